The number of ether oxygens (including phenoxy) is 4. The first-order valence-electron chi connectivity index (χ1n) is 38.8. The van der Waals surface area contributed by atoms with Crippen molar-refractivity contribution in [3.63, 3.8) is 0 Å². The van der Waals surface area contributed by atoms with Gasteiger partial charge in [0.15, 0.2) is 12.6 Å². The number of aliphatic hydroxyl groups excluding tert-OH is 8. The van der Waals surface area contributed by atoms with E-state index in [9.17, 15) is 45.6 Å². The number of rotatable bonds is 64. The summed E-state index contributed by atoms with van der Waals surface area (Å²) in [7, 11) is 0. The zero-order valence-corrected chi connectivity index (χ0v) is 59.7. The first-order chi connectivity index (χ1) is 46.1. The molecule has 0 aliphatic carbocycles. The number of allylic oxidation sites excluding steroid dienone is 13. The summed E-state index contributed by atoms with van der Waals surface area (Å²) in [4.78, 5) is 13.4. The van der Waals surface area contributed by atoms with E-state index in [4.69, 9.17) is 18.9 Å². The van der Waals surface area contributed by atoms with E-state index in [1.807, 2.05) is 6.08 Å². The summed E-state index contributed by atoms with van der Waals surface area (Å²) in [5.41, 5.74) is 0. The minimum Gasteiger partial charge on any atom is -0.394 e. The van der Waals surface area contributed by atoms with Crippen molar-refractivity contribution in [2.24, 2.45) is 0 Å². The number of amides is 1. The second-order valence-electron chi connectivity index (χ2n) is 27.1. The Hall–Kier alpha value is -2.83. The third-order valence-electron chi connectivity index (χ3n) is 18.6. The molecule has 2 saturated heterocycles. The lowest BCUT2D eigenvalue weighted by Crippen LogP contribution is -2.65. The Morgan fingerprint density at radius 3 is 1.17 bits per heavy atom. The lowest BCUT2D eigenvalue weighted by molar-refractivity contribution is -0.359. The highest BCUT2D eigenvalue weighted by Crippen LogP contribution is 2.30. The van der Waals surface area contributed by atoms with Crippen LogP contribution in [0, 0.1) is 0 Å². The fourth-order valence-corrected chi connectivity index (χ4v) is 12.5. The van der Waals surface area contributed by atoms with Crippen LogP contribution in [-0.4, -0.2) is 140 Å². The molecule has 0 aromatic carbocycles. The third-order valence-corrected chi connectivity index (χ3v) is 18.6. The first kappa shape index (κ1) is 87.3. The highest BCUT2D eigenvalue weighted by atomic mass is 16.7. The number of carbonyl (C=O) groups excluding carboxylic acids is 1. The molecule has 0 aromatic rings. The molecule has 0 spiro atoms. The summed E-state index contributed by atoms with van der Waals surface area (Å²) >= 11 is 0. The van der Waals surface area contributed by atoms with E-state index in [-0.39, 0.29) is 18.9 Å². The van der Waals surface area contributed by atoms with Gasteiger partial charge in [-0.15, -0.1) is 0 Å². The van der Waals surface area contributed by atoms with Crippen LogP contribution in [0.2, 0.25) is 0 Å². The summed E-state index contributed by atoms with van der Waals surface area (Å²) in [6.07, 6.45) is 72.3. The van der Waals surface area contributed by atoms with Gasteiger partial charge in [0.05, 0.1) is 32.0 Å². The second-order valence-corrected chi connectivity index (χ2v) is 27.1. The van der Waals surface area contributed by atoms with Crippen molar-refractivity contribution in [1.82, 2.24) is 5.32 Å². The van der Waals surface area contributed by atoms with Crippen LogP contribution in [0.5, 0.6) is 0 Å². The highest BCUT2D eigenvalue weighted by Gasteiger charge is 2.51. The molecular weight excluding hydrogens is 1180 g/mol. The summed E-state index contributed by atoms with van der Waals surface area (Å²) < 4.78 is 22.9. The molecule has 0 bridgehead atoms. The largest absolute Gasteiger partial charge is 0.394 e. The maximum absolute atomic E-state index is 13.4. The van der Waals surface area contributed by atoms with Gasteiger partial charge in [0.25, 0.3) is 0 Å². The fourth-order valence-electron chi connectivity index (χ4n) is 12.5. The van der Waals surface area contributed by atoms with Gasteiger partial charge in [0.2, 0.25) is 5.91 Å². The van der Waals surface area contributed by atoms with Gasteiger partial charge in [0.1, 0.15) is 48.8 Å². The van der Waals surface area contributed by atoms with Crippen LogP contribution in [0.15, 0.2) is 85.1 Å². The van der Waals surface area contributed by atoms with E-state index >= 15 is 0 Å². The maximum atomic E-state index is 13.4. The number of aliphatic hydroxyl groups is 8. The number of nitrogens with one attached hydrogen (secondary N) is 1. The van der Waals surface area contributed by atoms with Crippen LogP contribution in [0.4, 0.5) is 0 Å². The zero-order chi connectivity index (χ0) is 68.0. The Labute approximate surface area is 573 Å². The molecule has 14 heteroatoms. The molecule has 14 nitrogen and oxygen atoms in total. The van der Waals surface area contributed by atoms with Crippen LogP contribution in [-0.2, 0) is 23.7 Å². The quantitative estimate of drug-likeness (QED) is 0.0204. The van der Waals surface area contributed by atoms with E-state index in [1.54, 1.807) is 6.08 Å². The molecule has 1 amide bonds. The minimum atomic E-state index is -1.79. The van der Waals surface area contributed by atoms with E-state index in [2.05, 4.69) is 92.1 Å². The van der Waals surface area contributed by atoms with Gasteiger partial charge in [-0.05, 0) is 77.0 Å². The van der Waals surface area contributed by atoms with Gasteiger partial charge in [-0.25, -0.2) is 0 Å². The van der Waals surface area contributed by atoms with Gasteiger partial charge in [0, 0.05) is 6.42 Å². The van der Waals surface area contributed by atoms with Crippen LogP contribution in [0.3, 0.4) is 0 Å². The molecule has 0 aromatic heterocycles. The molecule has 2 heterocycles. The molecule has 0 radical (unpaired) electrons. The second kappa shape index (κ2) is 63.6. The average Bonchev–Trinajstić information content (AvgIpc) is 0.794. The average molecular weight is 1330 g/mol. The molecule has 9 N–H and O–H groups in total. The van der Waals surface area contributed by atoms with Crippen molar-refractivity contribution < 1.29 is 64.6 Å². The Bertz CT molecular complexity index is 1900. The molecule has 546 valence electrons. The van der Waals surface area contributed by atoms with Crippen LogP contribution < -0.4 is 5.32 Å². The van der Waals surface area contributed by atoms with Crippen molar-refractivity contribution in [3.8, 4) is 0 Å². The van der Waals surface area contributed by atoms with E-state index < -0.39 is 86.8 Å². The standard InChI is InChI=1S/C80H143NO13/c1-3-5-7-9-11-13-15-17-19-21-23-25-27-29-31-32-33-34-35-36-38-40-42-44-46-48-50-52-54-56-58-60-62-64-72(85)81-68(67-91-79-77(90)75(88)78(71(66-83)93-79)94-80-76(89)74(87)73(86)70(65-82)92-80)69(84)63-61-59-57-55-53-51-49-47-45-43-41-39-37-30-28-26-24-22-20-18-16-14-12-10-8-6-4-2/h5,7,11,13,17,19,23,25,29,31,53,55,61,63,68-71,73-80,82-84,86-90H,3-4,6,8-10,12,14-16,18,20-22,24,26-28,30,32-52,54,56-60,62,64-67H2,1-2H3,(H,81,85)/b7-5-,13-11-,19-17-,25-23-,31-29-,55-53+,63-61+. The molecule has 2 rings (SSSR count). The topological polar surface area (TPSA) is 228 Å². The lowest BCUT2D eigenvalue weighted by Gasteiger charge is -2.46. The third kappa shape index (κ3) is 46.4. The van der Waals surface area contributed by atoms with Gasteiger partial charge in [-0.1, -0.05) is 324 Å². The monoisotopic (exact) mass is 1330 g/mol. The minimum absolute atomic E-state index is 0.247. The predicted molar refractivity (Wildman–Crippen MR) is 387 cm³/mol. The van der Waals surface area contributed by atoms with Gasteiger partial charge < -0.3 is 65.1 Å². The number of hydrogen-bond donors (Lipinski definition) is 9. The van der Waals surface area contributed by atoms with Gasteiger partial charge >= 0.3 is 0 Å². The summed E-state index contributed by atoms with van der Waals surface area (Å²) in [5, 5.41) is 87.6. The molecule has 94 heavy (non-hydrogen) atoms. The van der Waals surface area contributed by atoms with Crippen LogP contribution >= 0.6 is 0 Å². The molecule has 2 aliphatic heterocycles. The van der Waals surface area contributed by atoms with Crippen molar-refractivity contribution in [2.75, 3.05) is 19.8 Å². The molecule has 12 atom stereocenters. The molecule has 12 unspecified atom stereocenters. The van der Waals surface area contributed by atoms with Gasteiger partial charge in [-0.2, -0.15) is 0 Å². The highest BCUT2D eigenvalue weighted by molar-refractivity contribution is 5.76. The zero-order valence-electron chi connectivity index (χ0n) is 59.7. The molecule has 2 aliphatic rings. The van der Waals surface area contributed by atoms with Crippen LogP contribution in [0.25, 0.3) is 0 Å². The fraction of sp³-hybridized carbons (Fsp3) is 0.812. The molecule has 0 saturated carbocycles. The lowest BCUT2D eigenvalue weighted by atomic mass is 9.97. The number of carbonyl (C=O) groups is 1. The van der Waals surface area contributed by atoms with Crippen molar-refractivity contribution in [3.05, 3.63) is 85.1 Å². The normalized spacial score (nSPS) is 22.9. The SMILES string of the molecule is CC/C=C\C/C=C\C/C=C\C/C=C\C/C=C\CCCCCCCCCCCCCCCCCCCC(=O)NC(COC1OC(CO)C(OC2OC(CO)C(O)C(O)C2O)C(O)C1O)C(O)/C=C/CC/C=C/CCCCCCCCCCCCCCCCCCCCCCC. The smallest absolute Gasteiger partial charge is 0.220 e. The van der Waals surface area contributed by atoms with E-state index in [0.29, 0.717) is 12.8 Å². The number of unbranched alkanes of at least 4 members (excludes halogenated alkanes) is 39. The molecule has 2 fully saturated rings. The van der Waals surface area contributed by atoms with E-state index in [0.717, 1.165) is 64.2 Å². The Morgan fingerprint density at radius 2 is 0.745 bits per heavy atom. The Kier molecular flexibility index (Phi) is 59.0. The Morgan fingerprint density at radius 1 is 0.394 bits per heavy atom. The van der Waals surface area contributed by atoms with Crippen LogP contribution in [0.1, 0.15) is 322 Å². The van der Waals surface area contributed by atoms with Crippen molar-refractivity contribution in [1.29, 1.82) is 0 Å². The summed E-state index contributed by atoms with van der Waals surface area (Å²) in [5.74, 6) is -0.247. The summed E-state index contributed by atoms with van der Waals surface area (Å²) in [6, 6.07) is -0.937. The van der Waals surface area contributed by atoms with Crippen molar-refractivity contribution >= 4 is 5.91 Å². The predicted octanol–water partition coefficient (Wildman–Crippen LogP) is 17.1. The Balaban J connectivity index is 1.64. The molecular formula is C80H143NO13. The van der Waals surface area contributed by atoms with E-state index in [1.165, 1.54) is 225 Å². The van der Waals surface area contributed by atoms with Crippen molar-refractivity contribution in [2.45, 2.75) is 396 Å². The first-order valence-corrected chi connectivity index (χ1v) is 38.8. The maximum Gasteiger partial charge on any atom is 0.220 e. The number of hydrogen-bond acceptors (Lipinski definition) is 13. The summed E-state index contributed by atoms with van der Waals surface area (Å²) in [6.45, 7) is 2.71. The van der Waals surface area contributed by atoms with Gasteiger partial charge in [-0.3, -0.25) is 4.79 Å².